The molecule has 2 atom stereocenters. The number of anilines is 2. The van der Waals surface area contributed by atoms with Crippen LogP contribution >= 0.6 is 0 Å². The van der Waals surface area contributed by atoms with Crippen molar-refractivity contribution < 1.29 is 27.7 Å². The number of nitrogens with one attached hydrogen (secondary N) is 3. The molecule has 0 aliphatic rings. The van der Waals surface area contributed by atoms with Crippen LogP contribution in [0.1, 0.15) is 23.6 Å². The van der Waals surface area contributed by atoms with Crippen LogP contribution in [-0.4, -0.2) is 31.4 Å². The first-order chi connectivity index (χ1) is 13.5. The van der Waals surface area contributed by atoms with Crippen LogP contribution in [0, 0.1) is 38.2 Å². The molecule has 29 heavy (non-hydrogen) atoms. The molecule has 0 aromatic heterocycles. The van der Waals surface area contributed by atoms with Crippen LogP contribution in [0.2, 0.25) is 0 Å². The fourth-order valence-electron chi connectivity index (χ4n) is 3.06. The van der Waals surface area contributed by atoms with E-state index in [1.54, 1.807) is 14.0 Å². The molecule has 0 aliphatic heterocycles. The lowest BCUT2D eigenvalue weighted by molar-refractivity contribution is -0.885. The highest BCUT2D eigenvalue weighted by atomic mass is 19.2. The molecule has 0 radical (unpaired) electrons. The minimum Gasteiger partial charge on any atom is -0.320 e. The number of aryl methyl sites for hydroxylation is 3. The third-order valence-electron chi connectivity index (χ3n) is 4.81. The van der Waals surface area contributed by atoms with E-state index in [0.717, 1.165) is 34.5 Å². The maximum Gasteiger partial charge on any atom is 0.282 e. The average molecular weight is 408 g/mol. The van der Waals surface area contributed by atoms with Gasteiger partial charge >= 0.3 is 0 Å². The summed E-state index contributed by atoms with van der Waals surface area (Å²) >= 11 is 0. The zero-order valence-electron chi connectivity index (χ0n) is 17.0. The lowest BCUT2D eigenvalue weighted by Crippen LogP contribution is -3.14. The van der Waals surface area contributed by atoms with Crippen molar-refractivity contribution in [3.63, 3.8) is 0 Å². The van der Waals surface area contributed by atoms with E-state index in [1.165, 1.54) is 0 Å². The van der Waals surface area contributed by atoms with Crippen LogP contribution in [-0.2, 0) is 9.59 Å². The Hall–Kier alpha value is -2.87. The van der Waals surface area contributed by atoms with Crippen molar-refractivity contribution >= 4 is 23.2 Å². The summed E-state index contributed by atoms with van der Waals surface area (Å²) in [7, 11) is 1.64. The SMILES string of the molecule is Cc1cc(C)c(NC(=O)[C@@H](C)[NH+](C)CC(=O)Nc2ccc(F)c(F)c2F)c(C)c1. The number of halogens is 3. The largest absolute Gasteiger partial charge is 0.320 e. The van der Waals surface area contributed by atoms with Gasteiger partial charge in [0.1, 0.15) is 0 Å². The van der Waals surface area contributed by atoms with Crippen molar-refractivity contribution in [3.05, 3.63) is 58.4 Å². The minimum absolute atomic E-state index is 0.168. The molecule has 2 aromatic carbocycles. The number of carbonyl (C=O) groups excluding carboxylic acids is 2. The molecule has 0 aliphatic carbocycles. The van der Waals surface area contributed by atoms with E-state index >= 15 is 0 Å². The van der Waals surface area contributed by atoms with Gasteiger partial charge in [0.2, 0.25) is 0 Å². The molecular weight excluding hydrogens is 383 g/mol. The van der Waals surface area contributed by atoms with Crippen LogP contribution in [0.5, 0.6) is 0 Å². The molecule has 3 N–H and O–H groups in total. The molecule has 0 saturated heterocycles. The Bertz CT molecular complexity index is 924. The summed E-state index contributed by atoms with van der Waals surface area (Å²) in [5, 5.41) is 5.09. The van der Waals surface area contributed by atoms with Crippen molar-refractivity contribution in [1.82, 2.24) is 0 Å². The highest BCUT2D eigenvalue weighted by Gasteiger charge is 2.25. The molecule has 0 fully saturated rings. The summed E-state index contributed by atoms with van der Waals surface area (Å²) < 4.78 is 40.0. The van der Waals surface area contributed by atoms with Gasteiger partial charge in [0.15, 0.2) is 30.0 Å². The monoisotopic (exact) mass is 408 g/mol. The Morgan fingerprint density at radius 3 is 2.17 bits per heavy atom. The molecule has 2 rings (SSSR count). The fourth-order valence-corrected chi connectivity index (χ4v) is 3.06. The molecular formula is C21H25F3N3O2+. The molecule has 156 valence electrons. The second-order valence-corrected chi connectivity index (χ2v) is 7.28. The van der Waals surface area contributed by atoms with E-state index < -0.39 is 35.1 Å². The molecule has 1 unspecified atom stereocenters. The minimum atomic E-state index is -1.65. The number of amides is 2. The summed E-state index contributed by atoms with van der Waals surface area (Å²) in [5.74, 6) is -5.36. The summed E-state index contributed by atoms with van der Waals surface area (Å²) in [6.07, 6.45) is 0. The number of carbonyl (C=O) groups is 2. The molecule has 2 amide bonds. The maximum absolute atomic E-state index is 13.7. The summed E-state index contributed by atoms with van der Waals surface area (Å²) in [6.45, 7) is 7.27. The first kappa shape index (κ1) is 22.4. The van der Waals surface area contributed by atoms with Gasteiger partial charge in [-0.05, 0) is 51.0 Å². The van der Waals surface area contributed by atoms with E-state index in [-0.39, 0.29) is 12.5 Å². The topological polar surface area (TPSA) is 62.6 Å². The number of benzene rings is 2. The number of likely N-dealkylation sites (N-methyl/N-ethyl adjacent to an activating group) is 1. The van der Waals surface area contributed by atoms with Crippen molar-refractivity contribution in [1.29, 1.82) is 0 Å². The molecule has 5 nitrogen and oxygen atoms in total. The Morgan fingerprint density at radius 1 is 1.00 bits per heavy atom. The number of hydrogen-bond acceptors (Lipinski definition) is 2. The number of hydrogen-bond donors (Lipinski definition) is 3. The highest BCUT2D eigenvalue weighted by molar-refractivity contribution is 5.95. The Morgan fingerprint density at radius 2 is 1.59 bits per heavy atom. The second-order valence-electron chi connectivity index (χ2n) is 7.28. The van der Waals surface area contributed by atoms with Crippen LogP contribution in [0.25, 0.3) is 0 Å². The van der Waals surface area contributed by atoms with Crippen LogP contribution in [0.4, 0.5) is 24.5 Å². The zero-order valence-corrected chi connectivity index (χ0v) is 17.0. The first-order valence-electron chi connectivity index (χ1n) is 9.15. The summed E-state index contributed by atoms with van der Waals surface area (Å²) in [5.41, 5.74) is 3.24. The van der Waals surface area contributed by atoms with Crippen molar-refractivity contribution in [2.24, 2.45) is 0 Å². The highest BCUT2D eigenvalue weighted by Crippen LogP contribution is 2.22. The molecule has 0 bridgehead atoms. The molecule has 0 heterocycles. The van der Waals surface area contributed by atoms with Crippen LogP contribution < -0.4 is 15.5 Å². The molecule has 2 aromatic rings. The van der Waals surface area contributed by atoms with Crippen molar-refractivity contribution in [2.75, 3.05) is 24.2 Å². The average Bonchev–Trinajstić information content (AvgIpc) is 2.64. The van der Waals surface area contributed by atoms with E-state index in [1.807, 2.05) is 32.9 Å². The van der Waals surface area contributed by atoms with Gasteiger partial charge in [0.25, 0.3) is 11.8 Å². The second kappa shape index (κ2) is 9.09. The van der Waals surface area contributed by atoms with Gasteiger partial charge in [-0.2, -0.15) is 0 Å². The Balaban J connectivity index is 2.01. The summed E-state index contributed by atoms with van der Waals surface area (Å²) in [4.78, 5) is 25.3. The van der Waals surface area contributed by atoms with Crippen LogP contribution in [0.3, 0.4) is 0 Å². The van der Waals surface area contributed by atoms with E-state index in [2.05, 4.69) is 10.6 Å². The lowest BCUT2D eigenvalue weighted by Gasteiger charge is -2.22. The van der Waals surface area contributed by atoms with Gasteiger partial charge < -0.3 is 15.5 Å². The molecule has 0 spiro atoms. The van der Waals surface area contributed by atoms with Crippen molar-refractivity contribution in [3.8, 4) is 0 Å². The smallest absolute Gasteiger partial charge is 0.282 e. The van der Waals surface area contributed by atoms with Crippen LogP contribution in [0.15, 0.2) is 24.3 Å². The van der Waals surface area contributed by atoms with Gasteiger partial charge in [0.05, 0.1) is 12.7 Å². The van der Waals surface area contributed by atoms with E-state index in [4.69, 9.17) is 0 Å². The Labute approximate surface area is 167 Å². The summed E-state index contributed by atoms with van der Waals surface area (Å²) in [6, 6.07) is 5.02. The predicted octanol–water partition coefficient (Wildman–Crippen LogP) is 2.51. The number of quaternary nitrogens is 1. The van der Waals surface area contributed by atoms with Gasteiger partial charge in [0, 0.05) is 5.69 Å². The fraction of sp³-hybridized carbons (Fsp3) is 0.333. The van der Waals surface area contributed by atoms with Crippen molar-refractivity contribution in [2.45, 2.75) is 33.7 Å². The molecule has 8 heteroatoms. The zero-order chi connectivity index (χ0) is 21.9. The normalized spacial score (nSPS) is 13.0. The predicted molar refractivity (Wildman–Crippen MR) is 105 cm³/mol. The van der Waals surface area contributed by atoms with Gasteiger partial charge in [-0.15, -0.1) is 0 Å². The third-order valence-corrected chi connectivity index (χ3v) is 4.81. The Kier molecular flexibility index (Phi) is 7.02. The van der Waals surface area contributed by atoms with Gasteiger partial charge in [-0.1, -0.05) is 17.7 Å². The van der Waals surface area contributed by atoms with Gasteiger partial charge in [-0.3, -0.25) is 9.59 Å². The maximum atomic E-state index is 13.7. The third kappa shape index (κ3) is 5.35. The van der Waals surface area contributed by atoms with E-state index in [0.29, 0.717) is 4.90 Å². The first-order valence-corrected chi connectivity index (χ1v) is 9.15. The standard InChI is InChI=1S/C21H24F3N3O2/c1-11-8-12(2)20(13(3)9-11)26-21(29)14(4)27(5)10-17(28)25-16-7-6-15(22)18(23)19(16)24/h6-9,14H,10H2,1-5H3,(H,25,28)(H,26,29)/p+1/t14-/m1/s1. The van der Waals surface area contributed by atoms with Gasteiger partial charge in [-0.25, -0.2) is 13.2 Å². The van der Waals surface area contributed by atoms with E-state index in [9.17, 15) is 22.8 Å². The number of rotatable bonds is 6. The quantitative estimate of drug-likeness (QED) is 0.644. The molecule has 0 saturated carbocycles. The lowest BCUT2D eigenvalue weighted by atomic mass is 10.0.